The summed E-state index contributed by atoms with van der Waals surface area (Å²) in [6.07, 6.45) is 1.42. The predicted octanol–water partition coefficient (Wildman–Crippen LogP) is 2.04. The highest BCUT2D eigenvalue weighted by Crippen LogP contribution is 2.41. The molecule has 0 radical (unpaired) electrons. The van der Waals surface area contributed by atoms with Gasteiger partial charge >= 0.3 is 0 Å². The molecule has 1 aliphatic carbocycles. The highest BCUT2D eigenvalue weighted by molar-refractivity contribution is 7.92. The van der Waals surface area contributed by atoms with Crippen molar-refractivity contribution < 1.29 is 8.42 Å². The maximum atomic E-state index is 12.3. The number of aryl methyl sites for hydroxylation is 1. The summed E-state index contributed by atoms with van der Waals surface area (Å²) in [6.45, 7) is 2.40. The third kappa shape index (κ3) is 2.52. The minimum atomic E-state index is -3.34. The van der Waals surface area contributed by atoms with Gasteiger partial charge in [-0.25, -0.2) is 13.4 Å². The largest absolute Gasteiger partial charge is 0.382 e. The van der Waals surface area contributed by atoms with E-state index in [4.69, 9.17) is 5.73 Å². The first-order chi connectivity index (χ1) is 9.48. The van der Waals surface area contributed by atoms with Crippen molar-refractivity contribution >= 4 is 43.5 Å². The molecule has 0 amide bonds. The number of aromatic nitrogens is 2. The summed E-state index contributed by atoms with van der Waals surface area (Å²) in [5.74, 6) is 0.0970. The van der Waals surface area contributed by atoms with Crippen LogP contribution in [0.4, 0.5) is 10.8 Å². The molecule has 1 fully saturated rings. The molecule has 3 rings (SSSR count). The normalized spacial score (nSPS) is 15.4. The fourth-order valence-corrected chi connectivity index (χ4v) is 5.46. The molecule has 9 heteroatoms. The van der Waals surface area contributed by atoms with Crippen LogP contribution in [-0.2, 0) is 16.4 Å². The van der Waals surface area contributed by atoms with Crippen LogP contribution in [0.1, 0.15) is 23.5 Å². The molecular formula is C11H14N4O2S3. The van der Waals surface area contributed by atoms with Gasteiger partial charge in [-0.05, 0) is 31.3 Å². The van der Waals surface area contributed by atoms with Crippen molar-refractivity contribution in [3.05, 3.63) is 16.1 Å². The van der Waals surface area contributed by atoms with E-state index in [1.165, 1.54) is 11.3 Å². The average molecular weight is 330 g/mol. The van der Waals surface area contributed by atoms with Gasteiger partial charge in [0.25, 0.3) is 0 Å². The Morgan fingerprint density at radius 2 is 2.25 bits per heavy atom. The van der Waals surface area contributed by atoms with E-state index in [1.807, 2.05) is 12.3 Å². The second-order valence-corrected chi connectivity index (χ2v) is 8.59. The first kappa shape index (κ1) is 13.8. The number of nitrogens with one attached hydrogen (secondary N) is 1. The lowest BCUT2D eigenvalue weighted by atomic mass is 10.5. The maximum Gasteiger partial charge on any atom is 0.187 e. The molecule has 0 saturated heterocycles. The molecule has 1 aliphatic rings. The van der Waals surface area contributed by atoms with E-state index in [9.17, 15) is 8.42 Å². The fourth-order valence-electron chi connectivity index (χ4n) is 1.87. The smallest absolute Gasteiger partial charge is 0.187 e. The Hall–Kier alpha value is -1.19. The lowest BCUT2D eigenvalue weighted by Gasteiger charge is -2.06. The Bertz CT molecular complexity index is 731. The van der Waals surface area contributed by atoms with E-state index in [-0.39, 0.29) is 16.0 Å². The summed E-state index contributed by atoms with van der Waals surface area (Å²) >= 11 is 2.62. The molecule has 6 nitrogen and oxygen atoms in total. The average Bonchev–Trinajstić information content (AvgIpc) is 3.08. The number of rotatable bonds is 5. The molecule has 1 saturated carbocycles. The number of sulfone groups is 1. The van der Waals surface area contributed by atoms with Crippen molar-refractivity contribution in [1.82, 2.24) is 9.36 Å². The van der Waals surface area contributed by atoms with Gasteiger partial charge in [0.1, 0.15) is 14.9 Å². The summed E-state index contributed by atoms with van der Waals surface area (Å²) in [7, 11) is -3.34. The second kappa shape index (κ2) is 4.97. The third-order valence-corrected chi connectivity index (χ3v) is 7.23. The van der Waals surface area contributed by atoms with Crippen LogP contribution in [0.25, 0.3) is 0 Å². The molecule has 0 spiro atoms. The molecule has 0 aliphatic heterocycles. The van der Waals surface area contributed by atoms with Gasteiger partial charge in [-0.3, -0.25) is 0 Å². The number of nitrogens with zero attached hydrogens (tertiary/aromatic N) is 2. The first-order valence-electron chi connectivity index (χ1n) is 6.12. The molecule has 3 N–H and O–H groups in total. The molecule has 2 aromatic heterocycles. The van der Waals surface area contributed by atoms with Crippen LogP contribution in [0.5, 0.6) is 0 Å². The zero-order valence-corrected chi connectivity index (χ0v) is 13.2. The van der Waals surface area contributed by atoms with Gasteiger partial charge in [0, 0.05) is 11.1 Å². The lowest BCUT2D eigenvalue weighted by Crippen LogP contribution is -2.11. The molecule has 108 valence electrons. The van der Waals surface area contributed by atoms with Gasteiger partial charge in [-0.1, -0.05) is 0 Å². The Morgan fingerprint density at radius 3 is 2.85 bits per heavy atom. The number of nitrogen functional groups attached to an aromatic ring is 1. The van der Waals surface area contributed by atoms with Crippen molar-refractivity contribution in [3.8, 4) is 0 Å². The van der Waals surface area contributed by atoms with Crippen molar-refractivity contribution in [1.29, 1.82) is 0 Å². The molecule has 2 aromatic rings. The topological polar surface area (TPSA) is 98.0 Å². The zero-order chi connectivity index (χ0) is 14.3. The second-order valence-electron chi connectivity index (χ2n) is 4.71. The van der Waals surface area contributed by atoms with Crippen LogP contribution in [-0.4, -0.2) is 23.0 Å². The summed E-state index contributed by atoms with van der Waals surface area (Å²) in [5, 5.41) is 6.19. The van der Waals surface area contributed by atoms with Crippen molar-refractivity contribution in [2.75, 3.05) is 11.1 Å². The Labute approximate surface area is 125 Å². The van der Waals surface area contributed by atoms with E-state index in [2.05, 4.69) is 14.7 Å². The highest BCUT2D eigenvalue weighted by Gasteiger charge is 2.40. The van der Waals surface area contributed by atoms with Gasteiger partial charge in [-0.15, -0.1) is 11.3 Å². The van der Waals surface area contributed by atoms with E-state index in [0.29, 0.717) is 24.4 Å². The van der Waals surface area contributed by atoms with Gasteiger partial charge < -0.3 is 11.1 Å². The monoisotopic (exact) mass is 330 g/mol. The van der Waals surface area contributed by atoms with Crippen LogP contribution in [0.15, 0.2) is 10.3 Å². The quantitative estimate of drug-likeness (QED) is 0.870. The van der Waals surface area contributed by atoms with Crippen LogP contribution in [0, 0.1) is 6.92 Å². The first-order valence-corrected chi connectivity index (χ1v) is 9.32. The van der Waals surface area contributed by atoms with Gasteiger partial charge in [0.05, 0.1) is 11.8 Å². The van der Waals surface area contributed by atoms with Gasteiger partial charge in [0.2, 0.25) is 0 Å². The number of hydrogen-bond acceptors (Lipinski definition) is 8. The van der Waals surface area contributed by atoms with Gasteiger partial charge in [-0.2, -0.15) is 4.37 Å². The molecule has 0 aromatic carbocycles. The van der Waals surface area contributed by atoms with Gasteiger partial charge in [0.15, 0.2) is 15.7 Å². The standard InChI is InChI=1S/C11H14N4O2S3/c1-6-5-18-8(14-6)4-13-11-9(10(12)15-19-11)20(16,17)7-2-3-7/h5,7,13H,2-4H2,1H3,(H2,12,15). The van der Waals surface area contributed by atoms with E-state index < -0.39 is 9.84 Å². The Morgan fingerprint density at radius 1 is 1.50 bits per heavy atom. The summed E-state index contributed by atoms with van der Waals surface area (Å²) in [5.41, 5.74) is 6.69. The Kier molecular flexibility index (Phi) is 3.43. The highest BCUT2D eigenvalue weighted by atomic mass is 32.2. The minimum Gasteiger partial charge on any atom is -0.382 e. The number of nitrogens with two attached hydrogens (primary N) is 1. The molecule has 0 unspecified atom stereocenters. The van der Waals surface area contributed by atoms with Crippen LogP contribution >= 0.6 is 22.9 Å². The SMILES string of the molecule is Cc1csc(CNc2snc(N)c2S(=O)(=O)C2CC2)n1. The summed E-state index contributed by atoms with van der Waals surface area (Å²) in [4.78, 5) is 4.50. The molecule has 0 atom stereocenters. The van der Waals surface area contributed by atoms with Crippen LogP contribution in [0.2, 0.25) is 0 Å². The third-order valence-electron chi connectivity index (χ3n) is 2.99. The summed E-state index contributed by atoms with van der Waals surface area (Å²) in [6, 6.07) is 0. The summed E-state index contributed by atoms with van der Waals surface area (Å²) < 4.78 is 28.7. The molecular weight excluding hydrogens is 316 g/mol. The van der Waals surface area contributed by atoms with E-state index in [0.717, 1.165) is 22.2 Å². The Balaban J connectivity index is 1.84. The lowest BCUT2D eigenvalue weighted by molar-refractivity contribution is 0.595. The van der Waals surface area contributed by atoms with E-state index >= 15 is 0 Å². The fraction of sp³-hybridized carbons (Fsp3) is 0.455. The zero-order valence-electron chi connectivity index (χ0n) is 10.8. The molecule has 20 heavy (non-hydrogen) atoms. The van der Waals surface area contributed by atoms with Crippen LogP contribution < -0.4 is 11.1 Å². The maximum absolute atomic E-state index is 12.3. The van der Waals surface area contributed by atoms with Crippen molar-refractivity contribution in [2.24, 2.45) is 0 Å². The predicted molar refractivity (Wildman–Crippen MR) is 80.9 cm³/mol. The molecule has 2 heterocycles. The van der Waals surface area contributed by atoms with Crippen LogP contribution in [0.3, 0.4) is 0 Å². The number of hydrogen-bond donors (Lipinski definition) is 2. The van der Waals surface area contributed by atoms with Crippen molar-refractivity contribution in [2.45, 2.75) is 36.5 Å². The minimum absolute atomic E-state index is 0.0970. The number of anilines is 2. The van der Waals surface area contributed by atoms with E-state index in [1.54, 1.807) is 0 Å². The number of thiazole rings is 1. The van der Waals surface area contributed by atoms with Crippen molar-refractivity contribution in [3.63, 3.8) is 0 Å². The molecule has 0 bridgehead atoms.